The summed E-state index contributed by atoms with van der Waals surface area (Å²) in [5, 5.41) is 9.49. The second-order valence-electron chi connectivity index (χ2n) is 5.15. The highest BCUT2D eigenvalue weighted by molar-refractivity contribution is 5.69. The van der Waals surface area contributed by atoms with Gasteiger partial charge in [-0.3, -0.25) is 4.79 Å². The molecule has 0 aliphatic carbocycles. The number of phenols is 1. The van der Waals surface area contributed by atoms with E-state index < -0.39 is 0 Å². The first kappa shape index (κ1) is 13.7. The second kappa shape index (κ2) is 5.51. The van der Waals surface area contributed by atoms with E-state index in [0.717, 1.165) is 24.2 Å². The predicted octanol–water partition coefficient (Wildman–Crippen LogP) is 2.82. The van der Waals surface area contributed by atoms with Crippen LogP contribution in [0, 0.1) is 0 Å². The highest BCUT2D eigenvalue weighted by Crippen LogP contribution is 2.37. The minimum Gasteiger partial charge on any atom is -0.508 e. The Kier molecular flexibility index (Phi) is 3.98. The summed E-state index contributed by atoms with van der Waals surface area (Å²) in [5.74, 6) is 0.736. The number of fused-ring (bicyclic) bond motifs is 1. The van der Waals surface area contributed by atoms with Crippen LogP contribution >= 0.6 is 0 Å². The monoisotopic (exact) mass is 264 g/mol. The van der Waals surface area contributed by atoms with Gasteiger partial charge < -0.3 is 14.6 Å². The third kappa shape index (κ3) is 3.40. The lowest BCUT2D eigenvalue weighted by molar-refractivity contribution is -0.144. The summed E-state index contributed by atoms with van der Waals surface area (Å²) < 4.78 is 10.9. The Labute approximate surface area is 113 Å². The molecule has 1 unspecified atom stereocenters. The van der Waals surface area contributed by atoms with Crippen LogP contribution in [0.25, 0.3) is 0 Å². The van der Waals surface area contributed by atoms with Crippen molar-refractivity contribution in [3.8, 4) is 11.5 Å². The minimum atomic E-state index is -0.368. The first-order valence-corrected chi connectivity index (χ1v) is 6.69. The molecule has 0 fully saturated rings. The normalized spacial score (nSPS) is 21.4. The SMILES string of the molecule is CCOC(=O)CCC1(C)CCc2ccc(O)cc2O1. The largest absolute Gasteiger partial charge is 0.508 e. The summed E-state index contributed by atoms with van der Waals surface area (Å²) in [6.45, 7) is 4.21. The van der Waals surface area contributed by atoms with E-state index in [4.69, 9.17) is 9.47 Å². The fourth-order valence-electron chi connectivity index (χ4n) is 2.34. The van der Waals surface area contributed by atoms with Crippen LogP contribution in [0.1, 0.15) is 38.7 Å². The fraction of sp³-hybridized carbons (Fsp3) is 0.533. The van der Waals surface area contributed by atoms with Crippen molar-refractivity contribution in [2.75, 3.05) is 6.61 Å². The lowest BCUT2D eigenvalue weighted by atomic mass is 9.89. The molecule has 1 aromatic carbocycles. The molecule has 1 aliphatic heterocycles. The second-order valence-corrected chi connectivity index (χ2v) is 5.15. The molecule has 4 heteroatoms. The number of benzene rings is 1. The number of aromatic hydroxyl groups is 1. The molecule has 0 amide bonds. The molecule has 1 heterocycles. The van der Waals surface area contributed by atoms with Crippen molar-refractivity contribution in [2.45, 2.75) is 45.1 Å². The number of aryl methyl sites for hydroxylation is 1. The zero-order valence-corrected chi connectivity index (χ0v) is 11.4. The summed E-state index contributed by atoms with van der Waals surface area (Å²) >= 11 is 0. The van der Waals surface area contributed by atoms with Crippen LogP contribution in [0.4, 0.5) is 0 Å². The molecule has 1 N–H and O–H groups in total. The average molecular weight is 264 g/mol. The zero-order valence-electron chi connectivity index (χ0n) is 11.4. The van der Waals surface area contributed by atoms with E-state index in [9.17, 15) is 9.90 Å². The summed E-state index contributed by atoms with van der Waals surface area (Å²) in [7, 11) is 0. The van der Waals surface area contributed by atoms with Gasteiger partial charge in [0.1, 0.15) is 17.1 Å². The molecule has 0 saturated heterocycles. The van der Waals surface area contributed by atoms with Gasteiger partial charge >= 0.3 is 5.97 Å². The number of rotatable bonds is 4. The van der Waals surface area contributed by atoms with Crippen LogP contribution in [0.15, 0.2) is 18.2 Å². The van der Waals surface area contributed by atoms with E-state index in [2.05, 4.69) is 0 Å². The summed E-state index contributed by atoms with van der Waals surface area (Å²) in [6, 6.07) is 5.19. The van der Waals surface area contributed by atoms with Crippen molar-refractivity contribution in [1.82, 2.24) is 0 Å². The van der Waals surface area contributed by atoms with Crippen LogP contribution < -0.4 is 4.74 Å². The summed E-state index contributed by atoms with van der Waals surface area (Å²) in [6.07, 6.45) is 2.75. The van der Waals surface area contributed by atoms with Gasteiger partial charge in [-0.1, -0.05) is 6.07 Å². The number of phenolic OH excluding ortho intramolecular Hbond substituents is 1. The quantitative estimate of drug-likeness (QED) is 0.850. The number of esters is 1. The van der Waals surface area contributed by atoms with Crippen molar-refractivity contribution < 1.29 is 19.4 Å². The highest BCUT2D eigenvalue weighted by atomic mass is 16.5. The van der Waals surface area contributed by atoms with Crippen molar-refractivity contribution in [2.24, 2.45) is 0 Å². The third-order valence-electron chi connectivity index (χ3n) is 3.49. The third-order valence-corrected chi connectivity index (χ3v) is 3.49. The van der Waals surface area contributed by atoms with E-state index in [1.165, 1.54) is 0 Å². The molecule has 0 saturated carbocycles. The standard InChI is InChI=1S/C15H20O4/c1-3-18-14(17)7-9-15(2)8-6-11-4-5-12(16)10-13(11)19-15/h4-5,10,16H,3,6-9H2,1-2H3. The number of ether oxygens (including phenoxy) is 2. The first-order valence-electron chi connectivity index (χ1n) is 6.69. The van der Waals surface area contributed by atoms with Gasteiger partial charge in [0.25, 0.3) is 0 Å². The molecule has 104 valence electrons. The van der Waals surface area contributed by atoms with Gasteiger partial charge in [0.05, 0.1) is 6.61 Å². The Morgan fingerprint density at radius 1 is 1.53 bits per heavy atom. The Bertz CT molecular complexity index is 469. The van der Waals surface area contributed by atoms with E-state index in [1.807, 2.05) is 13.0 Å². The van der Waals surface area contributed by atoms with Gasteiger partial charge in [-0.05, 0) is 44.7 Å². The van der Waals surface area contributed by atoms with Gasteiger partial charge in [0, 0.05) is 12.5 Å². The molecule has 0 aromatic heterocycles. The maximum absolute atomic E-state index is 11.4. The molecule has 0 bridgehead atoms. The molecule has 0 radical (unpaired) electrons. The Morgan fingerprint density at radius 2 is 2.32 bits per heavy atom. The molecule has 1 aromatic rings. The van der Waals surface area contributed by atoms with Gasteiger partial charge in [-0.15, -0.1) is 0 Å². The van der Waals surface area contributed by atoms with Gasteiger partial charge in [0.2, 0.25) is 0 Å². The lowest BCUT2D eigenvalue weighted by Gasteiger charge is -2.35. The molecule has 1 atom stereocenters. The van der Waals surface area contributed by atoms with Crippen molar-refractivity contribution in [3.63, 3.8) is 0 Å². The van der Waals surface area contributed by atoms with Crippen LogP contribution in [0.5, 0.6) is 11.5 Å². The Hall–Kier alpha value is -1.71. The van der Waals surface area contributed by atoms with Crippen LogP contribution in [0.2, 0.25) is 0 Å². The van der Waals surface area contributed by atoms with E-state index >= 15 is 0 Å². The molecular weight excluding hydrogens is 244 g/mol. The van der Waals surface area contributed by atoms with E-state index in [1.54, 1.807) is 19.1 Å². The lowest BCUT2D eigenvalue weighted by Crippen LogP contribution is -2.37. The molecule has 2 rings (SSSR count). The minimum absolute atomic E-state index is 0.186. The molecule has 4 nitrogen and oxygen atoms in total. The summed E-state index contributed by atoms with van der Waals surface area (Å²) in [4.78, 5) is 11.4. The number of carbonyl (C=O) groups excluding carboxylic acids is 1. The van der Waals surface area contributed by atoms with Crippen molar-refractivity contribution >= 4 is 5.97 Å². The maximum atomic E-state index is 11.4. The van der Waals surface area contributed by atoms with Gasteiger partial charge in [-0.25, -0.2) is 0 Å². The van der Waals surface area contributed by atoms with Gasteiger partial charge in [0.15, 0.2) is 0 Å². The molecule has 1 aliphatic rings. The van der Waals surface area contributed by atoms with E-state index in [0.29, 0.717) is 19.4 Å². The number of hydrogen-bond acceptors (Lipinski definition) is 4. The van der Waals surface area contributed by atoms with Crippen molar-refractivity contribution in [1.29, 1.82) is 0 Å². The number of hydrogen-bond donors (Lipinski definition) is 1. The zero-order chi connectivity index (χ0) is 13.9. The Balaban J connectivity index is 2.01. The summed E-state index contributed by atoms with van der Waals surface area (Å²) in [5.41, 5.74) is 0.736. The first-order chi connectivity index (χ1) is 9.02. The van der Waals surface area contributed by atoms with Crippen molar-refractivity contribution in [3.05, 3.63) is 23.8 Å². The van der Waals surface area contributed by atoms with Gasteiger partial charge in [-0.2, -0.15) is 0 Å². The molecule has 19 heavy (non-hydrogen) atoms. The average Bonchev–Trinajstić information content (AvgIpc) is 2.36. The highest BCUT2D eigenvalue weighted by Gasteiger charge is 2.32. The number of carbonyl (C=O) groups is 1. The smallest absolute Gasteiger partial charge is 0.305 e. The predicted molar refractivity (Wildman–Crippen MR) is 71.3 cm³/mol. The molecular formula is C15H20O4. The van der Waals surface area contributed by atoms with Crippen LogP contribution in [-0.2, 0) is 16.0 Å². The molecule has 0 spiro atoms. The van der Waals surface area contributed by atoms with E-state index in [-0.39, 0.29) is 17.3 Å². The van der Waals surface area contributed by atoms with Crippen LogP contribution in [-0.4, -0.2) is 23.3 Å². The fourth-order valence-corrected chi connectivity index (χ4v) is 2.34. The maximum Gasteiger partial charge on any atom is 0.305 e. The van der Waals surface area contributed by atoms with Crippen LogP contribution in [0.3, 0.4) is 0 Å². The Morgan fingerprint density at radius 3 is 3.05 bits per heavy atom. The topological polar surface area (TPSA) is 55.8 Å².